The normalized spacial score (nSPS) is 17.6. The van der Waals surface area contributed by atoms with Crippen LogP contribution in [0.25, 0.3) is 22.2 Å². The molecule has 0 atom stereocenters. The number of rotatable bonds is 4. The Morgan fingerprint density at radius 3 is 2.53 bits per heavy atom. The zero-order valence-electron chi connectivity index (χ0n) is 18.0. The van der Waals surface area contributed by atoms with E-state index in [-0.39, 0.29) is 0 Å². The molecule has 1 saturated heterocycles. The molecule has 1 aliphatic carbocycles. The minimum atomic E-state index is -0.836. The lowest BCUT2D eigenvalue weighted by Crippen LogP contribution is -2.52. The Kier molecular flexibility index (Phi) is 4.27. The molecule has 1 spiro atoms. The number of aromatic nitrogens is 3. The molecule has 2 aromatic carbocycles. The van der Waals surface area contributed by atoms with E-state index in [9.17, 15) is 8.78 Å². The van der Waals surface area contributed by atoms with Crippen molar-refractivity contribution in [2.75, 3.05) is 13.2 Å². The molecule has 164 valence electrons. The highest BCUT2D eigenvalue weighted by Crippen LogP contribution is 2.54. The summed E-state index contributed by atoms with van der Waals surface area (Å²) in [4.78, 5) is 4.95. The lowest BCUT2D eigenvalue weighted by atomic mass is 9.64. The Hall–Kier alpha value is -3.06. The van der Waals surface area contributed by atoms with Gasteiger partial charge in [0.25, 0.3) is 0 Å². The maximum Gasteiger partial charge on any atom is 0.159 e. The quantitative estimate of drug-likeness (QED) is 0.423. The molecule has 0 radical (unpaired) electrons. The van der Waals surface area contributed by atoms with Crippen LogP contribution in [0.4, 0.5) is 8.78 Å². The van der Waals surface area contributed by atoms with Crippen molar-refractivity contribution in [3.8, 4) is 11.1 Å². The smallest absolute Gasteiger partial charge is 0.159 e. The van der Waals surface area contributed by atoms with E-state index in [0.29, 0.717) is 23.4 Å². The molecule has 0 bridgehead atoms. The maximum absolute atomic E-state index is 13.8. The summed E-state index contributed by atoms with van der Waals surface area (Å²) in [7, 11) is 0. The second-order valence-corrected chi connectivity index (χ2v) is 9.28. The molecule has 2 aromatic heterocycles. The molecule has 0 amide bonds. The Bertz CT molecular complexity index is 1330. The third-order valence-corrected chi connectivity index (χ3v) is 6.95. The Labute approximate surface area is 184 Å². The summed E-state index contributed by atoms with van der Waals surface area (Å²) in [6.45, 7) is 5.48. The second-order valence-electron chi connectivity index (χ2n) is 9.28. The lowest BCUT2D eigenvalue weighted by Gasteiger charge is -2.53. The number of hydrogen-bond acceptors (Lipinski definition) is 4. The number of ether oxygens (including phenoxy) is 1. The van der Waals surface area contributed by atoms with Crippen LogP contribution in [0, 0.1) is 30.9 Å². The molecule has 3 heterocycles. The number of aryl methyl sites for hydroxylation is 2. The molecule has 2 fully saturated rings. The third-order valence-electron chi connectivity index (χ3n) is 6.95. The predicted octanol–water partition coefficient (Wildman–Crippen LogP) is 5.53. The van der Waals surface area contributed by atoms with Crippen LogP contribution in [-0.2, 0) is 11.2 Å². The van der Waals surface area contributed by atoms with Crippen molar-refractivity contribution in [3.63, 3.8) is 0 Å². The van der Waals surface area contributed by atoms with E-state index < -0.39 is 11.6 Å². The van der Waals surface area contributed by atoms with E-state index in [1.165, 1.54) is 12.1 Å². The topological polar surface area (TPSA) is 53.1 Å². The van der Waals surface area contributed by atoms with Gasteiger partial charge >= 0.3 is 0 Å². The predicted molar refractivity (Wildman–Crippen MR) is 115 cm³/mol. The van der Waals surface area contributed by atoms with Crippen LogP contribution >= 0.6 is 0 Å². The van der Waals surface area contributed by atoms with Crippen molar-refractivity contribution in [2.45, 2.75) is 39.2 Å². The third kappa shape index (κ3) is 2.98. The summed E-state index contributed by atoms with van der Waals surface area (Å²) in [5, 5.41) is 4.07. The van der Waals surface area contributed by atoms with E-state index in [1.54, 1.807) is 6.07 Å². The molecule has 32 heavy (non-hydrogen) atoms. The monoisotopic (exact) mass is 435 g/mol. The van der Waals surface area contributed by atoms with Gasteiger partial charge < -0.3 is 13.8 Å². The van der Waals surface area contributed by atoms with Crippen LogP contribution in [0.5, 0.6) is 0 Å². The first kappa shape index (κ1) is 19.6. The van der Waals surface area contributed by atoms with Crippen molar-refractivity contribution in [1.82, 2.24) is 14.7 Å². The summed E-state index contributed by atoms with van der Waals surface area (Å²) < 4.78 is 40.3. The lowest BCUT2D eigenvalue weighted by molar-refractivity contribution is -0.174. The van der Waals surface area contributed by atoms with Gasteiger partial charge in [-0.05, 0) is 62.1 Å². The number of fused-ring (bicyclic) bond motifs is 1. The van der Waals surface area contributed by atoms with E-state index in [1.807, 2.05) is 13.8 Å². The second kappa shape index (κ2) is 6.97. The van der Waals surface area contributed by atoms with Crippen molar-refractivity contribution in [2.24, 2.45) is 5.41 Å². The molecule has 5 nitrogen and oxygen atoms in total. The number of nitrogens with zero attached hydrogens (tertiary/aromatic N) is 3. The van der Waals surface area contributed by atoms with Gasteiger partial charge in [-0.25, -0.2) is 13.8 Å². The van der Waals surface area contributed by atoms with Crippen LogP contribution in [0.1, 0.15) is 41.7 Å². The molecule has 1 aliphatic heterocycles. The van der Waals surface area contributed by atoms with Gasteiger partial charge in [-0.1, -0.05) is 17.3 Å². The largest absolute Gasteiger partial charge is 0.380 e. The number of hydrogen-bond donors (Lipinski definition) is 0. The van der Waals surface area contributed by atoms with Crippen LogP contribution in [0.15, 0.2) is 40.9 Å². The highest BCUT2D eigenvalue weighted by atomic mass is 19.2. The SMILES string of the molecule is Cc1noc(C)c1-c1ccc2c(c1)nc(Cc1ccc(F)c(F)c1)n2C1CC2(COC2)C1. The first-order chi connectivity index (χ1) is 15.4. The summed E-state index contributed by atoms with van der Waals surface area (Å²) in [6.07, 6.45) is 2.54. The molecule has 0 unspecified atom stereocenters. The van der Waals surface area contributed by atoms with Crippen molar-refractivity contribution in [3.05, 3.63) is 70.9 Å². The standard InChI is InChI=1S/C25H23F2N3O2/c1-14-24(15(2)32-29-14)17-4-6-22-21(9-17)28-23(8-16-3-5-19(26)20(27)7-16)30(22)18-10-25(11-18)12-31-13-25/h3-7,9,18H,8,10-13H2,1-2H3. The van der Waals surface area contributed by atoms with Gasteiger partial charge in [-0.2, -0.15) is 0 Å². The Morgan fingerprint density at radius 2 is 1.88 bits per heavy atom. The molecular weight excluding hydrogens is 412 g/mol. The maximum atomic E-state index is 13.8. The van der Waals surface area contributed by atoms with Gasteiger partial charge in [0.05, 0.1) is 29.9 Å². The highest BCUT2D eigenvalue weighted by molar-refractivity contribution is 5.84. The zero-order valence-corrected chi connectivity index (χ0v) is 18.0. The van der Waals surface area contributed by atoms with E-state index in [2.05, 4.69) is 27.9 Å². The fraction of sp³-hybridized carbons (Fsp3) is 0.360. The molecule has 2 aliphatic rings. The average Bonchev–Trinajstić information content (AvgIpc) is 3.21. The van der Waals surface area contributed by atoms with Crippen molar-refractivity contribution in [1.29, 1.82) is 0 Å². The van der Waals surface area contributed by atoms with Gasteiger partial charge in [0.1, 0.15) is 11.6 Å². The summed E-state index contributed by atoms with van der Waals surface area (Å²) in [5.41, 5.74) is 5.77. The minimum Gasteiger partial charge on any atom is -0.380 e. The first-order valence-corrected chi connectivity index (χ1v) is 10.9. The van der Waals surface area contributed by atoms with Gasteiger partial charge in [-0.15, -0.1) is 0 Å². The van der Waals surface area contributed by atoms with Crippen LogP contribution in [0.2, 0.25) is 0 Å². The molecular formula is C25H23F2N3O2. The first-order valence-electron chi connectivity index (χ1n) is 10.9. The molecule has 1 saturated carbocycles. The zero-order chi connectivity index (χ0) is 22.0. The molecule has 6 rings (SSSR count). The summed E-state index contributed by atoms with van der Waals surface area (Å²) in [6, 6.07) is 10.6. The van der Waals surface area contributed by atoms with Crippen molar-refractivity contribution < 1.29 is 18.0 Å². The van der Waals surface area contributed by atoms with E-state index >= 15 is 0 Å². The van der Waals surface area contributed by atoms with Gasteiger partial charge in [0.2, 0.25) is 0 Å². The Morgan fingerprint density at radius 1 is 1.06 bits per heavy atom. The summed E-state index contributed by atoms with van der Waals surface area (Å²) in [5.74, 6) is -0.0337. The van der Waals surface area contributed by atoms with E-state index in [4.69, 9.17) is 14.2 Å². The number of benzene rings is 2. The number of imidazole rings is 1. The fourth-order valence-electron chi connectivity index (χ4n) is 5.31. The number of halogens is 2. The fourth-order valence-corrected chi connectivity index (χ4v) is 5.31. The Balaban J connectivity index is 1.44. The van der Waals surface area contributed by atoms with Crippen LogP contribution in [0.3, 0.4) is 0 Å². The van der Waals surface area contributed by atoms with Gasteiger partial charge in [0.15, 0.2) is 11.6 Å². The summed E-state index contributed by atoms with van der Waals surface area (Å²) >= 11 is 0. The van der Waals surface area contributed by atoms with Gasteiger partial charge in [-0.3, -0.25) is 0 Å². The average molecular weight is 435 g/mol. The highest BCUT2D eigenvalue weighted by Gasteiger charge is 2.51. The molecule has 0 N–H and O–H groups in total. The van der Waals surface area contributed by atoms with Crippen LogP contribution in [-0.4, -0.2) is 27.9 Å². The van der Waals surface area contributed by atoms with Gasteiger partial charge in [0, 0.05) is 23.4 Å². The minimum absolute atomic E-state index is 0.303. The molecule has 7 heteroatoms. The van der Waals surface area contributed by atoms with Crippen LogP contribution < -0.4 is 0 Å². The molecule has 4 aromatic rings. The van der Waals surface area contributed by atoms with E-state index in [0.717, 1.165) is 65.5 Å². The van der Waals surface area contributed by atoms with Crippen molar-refractivity contribution >= 4 is 11.0 Å².